The number of anilines is 1. The summed E-state index contributed by atoms with van der Waals surface area (Å²) >= 11 is 1.67. The minimum absolute atomic E-state index is 0.107. The van der Waals surface area contributed by atoms with Crippen LogP contribution in [-0.2, 0) is 31.3 Å². The van der Waals surface area contributed by atoms with Crippen LogP contribution in [0, 0.1) is 11.8 Å². The molecule has 1 spiro atoms. The number of nitrogens with one attached hydrogen (secondary N) is 1. The summed E-state index contributed by atoms with van der Waals surface area (Å²) in [6, 6.07) is 16.5. The smallest absolute Gasteiger partial charge is 0.253 e. The van der Waals surface area contributed by atoms with E-state index in [2.05, 4.69) is 5.32 Å². The van der Waals surface area contributed by atoms with Crippen LogP contribution >= 0.6 is 11.8 Å². The van der Waals surface area contributed by atoms with Gasteiger partial charge in [-0.3, -0.25) is 29.4 Å². The van der Waals surface area contributed by atoms with Gasteiger partial charge in [-0.2, -0.15) is 11.8 Å². The average Bonchev–Trinajstić information content (AvgIpc) is 3.49. The highest BCUT2D eigenvalue weighted by Gasteiger charge is 2.71. The fourth-order valence-corrected chi connectivity index (χ4v) is 6.88. The van der Waals surface area contributed by atoms with Gasteiger partial charge in [0.1, 0.15) is 12.1 Å². The number of hydrogen-bond acceptors (Lipinski definition) is 6. The molecule has 2 aromatic carbocycles. The molecule has 3 aliphatic heterocycles. The average molecular weight is 535 g/mol. The SMILES string of the molecule is CCN(CC)C(=O)CN1C(=O)[C@@]2(N[C@@H](CCSC)[C@H]3C(=O)N(Cc4ccccc4)C(=O)[C@@H]32)c2ccccc21. The van der Waals surface area contributed by atoms with Crippen LogP contribution in [0.15, 0.2) is 54.6 Å². The number of hydrogen-bond donors (Lipinski definition) is 1. The third-order valence-electron chi connectivity index (χ3n) is 8.18. The maximum atomic E-state index is 14.4. The third kappa shape index (κ3) is 4.03. The first kappa shape index (κ1) is 26.4. The molecule has 0 aliphatic carbocycles. The molecule has 2 saturated heterocycles. The van der Waals surface area contributed by atoms with Gasteiger partial charge in [0.05, 0.1) is 18.4 Å². The Hall–Kier alpha value is -3.17. The van der Waals surface area contributed by atoms with Crippen molar-refractivity contribution in [2.45, 2.75) is 38.4 Å². The van der Waals surface area contributed by atoms with Crippen molar-refractivity contribution < 1.29 is 19.2 Å². The lowest BCUT2D eigenvalue weighted by Crippen LogP contribution is -2.56. The molecule has 0 bridgehead atoms. The standard InChI is InChI=1S/C29H34N4O4S/c1-4-31(5-2)23(34)18-32-22-14-10-9-13-20(22)29(28(32)37)25-24(21(30-29)15-16-38-3)26(35)33(27(25)36)17-19-11-7-6-8-12-19/h6-14,21,24-25,30H,4-5,15-18H2,1-3H3/t21-,24+,25+,29+/m0/s1. The summed E-state index contributed by atoms with van der Waals surface area (Å²) in [6.07, 6.45) is 2.65. The molecule has 4 amide bonds. The maximum Gasteiger partial charge on any atom is 0.253 e. The maximum absolute atomic E-state index is 14.4. The number of para-hydroxylation sites is 1. The summed E-state index contributed by atoms with van der Waals surface area (Å²) < 4.78 is 0. The highest BCUT2D eigenvalue weighted by Crippen LogP contribution is 2.55. The Morgan fingerprint density at radius 3 is 2.34 bits per heavy atom. The van der Waals surface area contributed by atoms with Crippen molar-refractivity contribution in [1.29, 1.82) is 0 Å². The normalized spacial score (nSPS) is 25.9. The van der Waals surface area contributed by atoms with Crippen molar-refractivity contribution in [1.82, 2.24) is 15.1 Å². The van der Waals surface area contributed by atoms with Crippen LogP contribution in [0.1, 0.15) is 31.4 Å². The van der Waals surface area contributed by atoms with Crippen LogP contribution < -0.4 is 10.2 Å². The van der Waals surface area contributed by atoms with Gasteiger partial charge in [0.2, 0.25) is 17.7 Å². The Labute approximate surface area is 227 Å². The fourth-order valence-electron chi connectivity index (χ4n) is 6.39. The molecular formula is C29H34N4O4S. The van der Waals surface area contributed by atoms with E-state index < -0.39 is 17.4 Å². The van der Waals surface area contributed by atoms with E-state index in [9.17, 15) is 19.2 Å². The Kier molecular flexibility index (Phi) is 7.33. The predicted molar refractivity (Wildman–Crippen MR) is 147 cm³/mol. The minimum atomic E-state index is -1.38. The summed E-state index contributed by atoms with van der Waals surface area (Å²) in [6.45, 7) is 4.98. The molecule has 38 heavy (non-hydrogen) atoms. The highest BCUT2D eigenvalue weighted by molar-refractivity contribution is 7.98. The molecule has 0 aromatic heterocycles. The largest absolute Gasteiger partial charge is 0.342 e. The van der Waals surface area contributed by atoms with E-state index in [0.717, 1.165) is 11.3 Å². The molecule has 9 heteroatoms. The van der Waals surface area contributed by atoms with E-state index in [-0.39, 0.29) is 42.8 Å². The van der Waals surface area contributed by atoms with Crippen molar-refractivity contribution in [2.75, 3.05) is 36.5 Å². The molecular weight excluding hydrogens is 500 g/mol. The first-order valence-electron chi connectivity index (χ1n) is 13.2. The molecule has 0 saturated carbocycles. The van der Waals surface area contributed by atoms with Crippen molar-refractivity contribution in [3.8, 4) is 0 Å². The number of benzene rings is 2. The number of amides is 4. The number of likely N-dealkylation sites (tertiary alicyclic amines) is 1. The number of carbonyl (C=O) groups is 4. The molecule has 2 fully saturated rings. The zero-order valence-corrected chi connectivity index (χ0v) is 22.9. The number of likely N-dealkylation sites (N-methyl/N-ethyl adjacent to an activating group) is 1. The quantitative estimate of drug-likeness (QED) is 0.498. The molecule has 0 unspecified atom stereocenters. The Morgan fingerprint density at radius 1 is 0.974 bits per heavy atom. The second-order valence-corrected chi connectivity index (χ2v) is 11.1. The summed E-state index contributed by atoms with van der Waals surface area (Å²) in [5.41, 5.74) is 0.770. The van der Waals surface area contributed by atoms with E-state index >= 15 is 0 Å². The second kappa shape index (κ2) is 10.5. The lowest BCUT2D eigenvalue weighted by molar-refractivity contribution is -0.143. The van der Waals surface area contributed by atoms with Gasteiger partial charge in [-0.15, -0.1) is 0 Å². The monoisotopic (exact) mass is 534 g/mol. The van der Waals surface area contributed by atoms with Crippen LogP contribution in [0.5, 0.6) is 0 Å². The molecule has 4 atom stereocenters. The van der Waals surface area contributed by atoms with Crippen LogP contribution in [0.3, 0.4) is 0 Å². The van der Waals surface area contributed by atoms with E-state index in [1.807, 2.05) is 74.7 Å². The van der Waals surface area contributed by atoms with Gasteiger partial charge >= 0.3 is 0 Å². The summed E-state index contributed by atoms with van der Waals surface area (Å²) in [7, 11) is 0. The Balaban J connectivity index is 1.57. The van der Waals surface area contributed by atoms with Crippen LogP contribution in [0.2, 0.25) is 0 Å². The predicted octanol–water partition coefficient (Wildman–Crippen LogP) is 2.62. The molecule has 1 N–H and O–H groups in total. The number of nitrogens with zero attached hydrogens (tertiary/aromatic N) is 3. The van der Waals surface area contributed by atoms with E-state index in [0.29, 0.717) is 30.8 Å². The summed E-state index contributed by atoms with van der Waals surface area (Å²) in [4.78, 5) is 60.0. The highest BCUT2D eigenvalue weighted by atomic mass is 32.2. The number of imide groups is 1. The van der Waals surface area contributed by atoms with Gasteiger partial charge in [0.25, 0.3) is 5.91 Å². The number of rotatable bonds is 9. The third-order valence-corrected chi connectivity index (χ3v) is 8.83. The van der Waals surface area contributed by atoms with Crippen LogP contribution in [0.25, 0.3) is 0 Å². The van der Waals surface area contributed by atoms with Gasteiger partial charge in [-0.05, 0) is 43.9 Å². The lowest BCUT2D eigenvalue weighted by Gasteiger charge is -2.31. The van der Waals surface area contributed by atoms with Crippen molar-refractivity contribution in [2.24, 2.45) is 11.8 Å². The molecule has 3 aliphatic rings. The summed E-state index contributed by atoms with van der Waals surface area (Å²) in [5.74, 6) is -1.77. The zero-order chi connectivity index (χ0) is 27.0. The van der Waals surface area contributed by atoms with E-state index in [4.69, 9.17) is 0 Å². The van der Waals surface area contributed by atoms with Crippen molar-refractivity contribution >= 4 is 41.1 Å². The molecule has 5 rings (SSSR count). The summed E-state index contributed by atoms with van der Waals surface area (Å²) in [5, 5.41) is 3.52. The lowest BCUT2D eigenvalue weighted by atomic mass is 9.76. The van der Waals surface area contributed by atoms with Gasteiger partial charge in [0.15, 0.2) is 0 Å². The molecule has 0 radical (unpaired) electrons. The molecule has 2 aromatic rings. The van der Waals surface area contributed by atoms with Crippen LogP contribution in [-0.4, -0.2) is 71.1 Å². The van der Waals surface area contributed by atoms with Crippen molar-refractivity contribution in [3.63, 3.8) is 0 Å². The topological polar surface area (TPSA) is 90.0 Å². The minimum Gasteiger partial charge on any atom is -0.342 e. The Bertz CT molecular complexity index is 1250. The van der Waals surface area contributed by atoms with Gasteiger partial charge in [0, 0.05) is 30.4 Å². The number of fused-ring (bicyclic) bond motifs is 4. The zero-order valence-electron chi connectivity index (χ0n) is 22.1. The van der Waals surface area contributed by atoms with Gasteiger partial charge in [-0.25, -0.2) is 0 Å². The van der Waals surface area contributed by atoms with Gasteiger partial charge < -0.3 is 9.80 Å². The molecule has 8 nitrogen and oxygen atoms in total. The Morgan fingerprint density at radius 2 is 1.66 bits per heavy atom. The molecule has 3 heterocycles. The van der Waals surface area contributed by atoms with Crippen molar-refractivity contribution in [3.05, 3.63) is 65.7 Å². The molecule has 200 valence electrons. The van der Waals surface area contributed by atoms with E-state index in [1.165, 1.54) is 9.80 Å². The number of carbonyl (C=O) groups excluding carboxylic acids is 4. The van der Waals surface area contributed by atoms with Crippen LogP contribution in [0.4, 0.5) is 5.69 Å². The van der Waals surface area contributed by atoms with E-state index in [1.54, 1.807) is 16.7 Å². The second-order valence-electron chi connectivity index (χ2n) is 10.1. The number of thioether (sulfide) groups is 1. The van der Waals surface area contributed by atoms with Gasteiger partial charge in [-0.1, -0.05) is 48.5 Å². The fraction of sp³-hybridized carbons (Fsp3) is 0.448. The first-order chi connectivity index (χ1) is 18.4. The first-order valence-corrected chi connectivity index (χ1v) is 14.6.